The van der Waals surface area contributed by atoms with Crippen LogP contribution < -0.4 is 10.7 Å². The van der Waals surface area contributed by atoms with Gasteiger partial charge in [-0.05, 0) is 48.9 Å². The Balaban J connectivity index is 1.61. The average Bonchev–Trinajstić information content (AvgIpc) is 2.70. The van der Waals surface area contributed by atoms with Crippen LogP contribution in [0.4, 0.5) is 5.69 Å². The Labute approximate surface area is 168 Å². The number of carbonyl (C=O) groups is 2. The molecule has 3 aromatic carbocycles. The molecule has 140 valence electrons. The van der Waals surface area contributed by atoms with E-state index in [0.717, 1.165) is 5.56 Å². The Kier molecular flexibility index (Phi) is 6.19. The lowest BCUT2D eigenvalue weighted by Crippen LogP contribution is -2.18. The summed E-state index contributed by atoms with van der Waals surface area (Å²) < 4.78 is 0. The normalized spacial score (nSPS) is 10.6. The van der Waals surface area contributed by atoms with Crippen molar-refractivity contribution in [1.29, 1.82) is 0 Å². The summed E-state index contributed by atoms with van der Waals surface area (Å²) >= 11 is 6.03. The molecule has 6 heteroatoms. The second-order valence-electron chi connectivity index (χ2n) is 6.07. The summed E-state index contributed by atoms with van der Waals surface area (Å²) in [5, 5.41) is 7.29. The Hall–Kier alpha value is -3.44. The van der Waals surface area contributed by atoms with Crippen LogP contribution in [-0.4, -0.2) is 18.0 Å². The van der Waals surface area contributed by atoms with Gasteiger partial charge in [-0.3, -0.25) is 9.59 Å². The number of rotatable bonds is 5. The van der Waals surface area contributed by atoms with E-state index in [-0.39, 0.29) is 11.8 Å². The number of halogens is 1. The van der Waals surface area contributed by atoms with Crippen molar-refractivity contribution < 1.29 is 9.59 Å². The first kappa shape index (κ1) is 19.3. The van der Waals surface area contributed by atoms with Crippen molar-refractivity contribution in [1.82, 2.24) is 5.43 Å². The van der Waals surface area contributed by atoms with Crippen molar-refractivity contribution in [2.24, 2.45) is 5.10 Å². The van der Waals surface area contributed by atoms with Crippen molar-refractivity contribution in [3.05, 3.63) is 100 Å². The Morgan fingerprint density at radius 3 is 2.29 bits per heavy atom. The summed E-state index contributed by atoms with van der Waals surface area (Å²) in [4.78, 5) is 24.5. The van der Waals surface area contributed by atoms with Gasteiger partial charge in [-0.15, -0.1) is 0 Å². The number of hydrazone groups is 1. The molecule has 0 atom stereocenters. The Bertz CT molecular complexity index is 1030. The molecule has 0 aliphatic heterocycles. The molecular formula is C22H18ClN3O2. The highest BCUT2D eigenvalue weighted by molar-refractivity contribution is 6.33. The molecule has 0 saturated heterocycles. The lowest BCUT2D eigenvalue weighted by atomic mass is 10.1. The van der Waals surface area contributed by atoms with Gasteiger partial charge in [0.25, 0.3) is 11.8 Å². The predicted octanol–water partition coefficient (Wildman–Crippen LogP) is 4.66. The van der Waals surface area contributed by atoms with E-state index in [2.05, 4.69) is 15.8 Å². The first-order valence-corrected chi connectivity index (χ1v) is 8.97. The third-order valence-electron chi connectivity index (χ3n) is 4.07. The van der Waals surface area contributed by atoms with Crippen LogP contribution in [0.5, 0.6) is 0 Å². The van der Waals surface area contributed by atoms with Crippen LogP contribution in [-0.2, 0) is 0 Å². The molecule has 3 aromatic rings. The molecule has 2 N–H and O–H groups in total. The maximum atomic E-state index is 12.3. The molecule has 28 heavy (non-hydrogen) atoms. The van der Waals surface area contributed by atoms with Crippen molar-refractivity contribution in [3.8, 4) is 0 Å². The van der Waals surface area contributed by atoms with Crippen LogP contribution in [0, 0.1) is 6.92 Å². The van der Waals surface area contributed by atoms with Crippen LogP contribution in [0.3, 0.4) is 0 Å². The summed E-state index contributed by atoms with van der Waals surface area (Å²) in [5.41, 5.74) is 5.69. The Morgan fingerprint density at radius 2 is 1.57 bits per heavy atom. The highest BCUT2D eigenvalue weighted by Crippen LogP contribution is 2.14. The van der Waals surface area contributed by atoms with Crippen LogP contribution in [0.1, 0.15) is 31.8 Å². The predicted molar refractivity (Wildman–Crippen MR) is 112 cm³/mol. The van der Waals surface area contributed by atoms with Crippen molar-refractivity contribution >= 4 is 35.3 Å². The quantitative estimate of drug-likeness (QED) is 0.490. The van der Waals surface area contributed by atoms with E-state index in [1.54, 1.807) is 42.5 Å². The van der Waals surface area contributed by atoms with Gasteiger partial charge in [-0.2, -0.15) is 5.10 Å². The number of hydrogen-bond donors (Lipinski definition) is 2. The zero-order chi connectivity index (χ0) is 19.9. The fourth-order valence-corrected chi connectivity index (χ4v) is 2.72. The molecule has 0 aliphatic rings. The van der Waals surface area contributed by atoms with E-state index in [1.165, 1.54) is 6.21 Å². The van der Waals surface area contributed by atoms with E-state index in [0.29, 0.717) is 27.4 Å². The maximum Gasteiger partial charge on any atom is 0.271 e. The highest BCUT2D eigenvalue weighted by atomic mass is 35.5. The Morgan fingerprint density at radius 1 is 0.893 bits per heavy atom. The van der Waals surface area contributed by atoms with E-state index in [1.807, 2.05) is 37.3 Å². The maximum absolute atomic E-state index is 12.3. The first-order valence-electron chi connectivity index (χ1n) is 8.59. The topological polar surface area (TPSA) is 70.6 Å². The number of nitrogens with one attached hydrogen (secondary N) is 2. The summed E-state index contributed by atoms with van der Waals surface area (Å²) in [7, 11) is 0. The number of carbonyl (C=O) groups excluding carboxylic acids is 2. The van der Waals surface area contributed by atoms with Crippen molar-refractivity contribution in [2.75, 3.05) is 5.32 Å². The molecule has 2 amide bonds. The minimum absolute atomic E-state index is 0.195. The number of hydrogen-bond acceptors (Lipinski definition) is 3. The van der Waals surface area contributed by atoms with Crippen LogP contribution in [0.15, 0.2) is 77.9 Å². The summed E-state index contributed by atoms with van der Waals surface area (Å²) in [6.45, 7) is 1.88. The molecule has 0 aliphatic carbocycles. The largest absolute Gasteiger partial charge is 0.322 e. The smallest absolute Gasteiger partial charge is 0.271 e. The van der Waals surface area contributed by atoms with Crippen molar-refractivity contribution in [3.63, 3.8) is 0 Å². The minimum Gasteiger partial charge on any atom is -0.322 e. The standard InChI is InChI=1S/C22H18ClN3O2/c1-15-6-2-4-8-19(15)22(28)25-18-12-10-16(11-13-18)21(27)26-24-14-17-7-3-5-9-20(17)23/h2-14H,1H3,(H,25,28)(H,26,27)/b24-14-. The van der Waals surface area contributed by atoms with Gasteiger partial charge in [0, 0.05) is 27.4 Å². The SMILES string of the molecule is Cc1ccccc1C(=O)Nc1ccc(C(=O)N/N=C\c2ccccc2Cl)cc1. The lowest BCUT2D eigenvalue weighted by molar-refractivity contribution is 0.0954. The molecule has 5 nitrogen and oxygen atoms in total. The second-order valence-corrected chi connectivity index (χ2v) is 6.47. The average molecular weight is 392 g/mol. The molecule has 0 spiro atoms. The van der Waals surface area contributed by atoms with Gasteiger partial charge in [-0.1, -0.05) is 48.0 Å². The van der Waals surface area contributed by atoms with E-state index < -0.39 is 0 Å². The van der Waals surface area contributed by atoms with Gasteiger partial charge >= 0.3 is 0 Å². The molecule has 0 unspecified atom stereocenters. The second kappa shape index (κ2) is 8.97. The first-order chi connectivity index (χ1) is 13.5. The number of nitrogens with zero attached hydrogens (tertiary/aromatic N) is 1. The molecule has 0 aromatic heterocycles. The number of benzene rings is 3. The van der Waals surface area contributed by atoms with E-state index >= 15 is 0 Å². The summed E-state index contributed by atoms with van der Waals surface area (Å²) in [6, 6.07) is 21.1. The van der Waals surface area contributed by atoms with Gasteiger partial charge in [0.05, 0.1) is 6.21 Å². The van der Waals surface area contributed by atoms with E-state index in [4.69, 9.17) is 11.6 Å². The number of aryl methyl sites for hydroxylation is 1. The zero-order valence-electron chi connectivity index (χ0n) is 15.1. The van der Waals surface area contributed by atoms with Gasteiger partial charge in [-0.25, -0.2) is 5.43 Å². The molecule has 0 fully saturated rings. The molecular weight excluding hydrogens is 374 g/mol. The lowest BCUT2D eigenvalue weighted by Gasteiger charge is -2.08. The third kappa shape index (κ3) is 4.84. The van der Waals surface area contributed by atoms with Crippen molar-refractivity contribution in [2.45, 2.75) is 6.92 Å². The van der Waals surface area contributed by atoms with Gasteiger partial charge < -0.3 is 5.32 Å². The summed E-state index contributed by atoms with van der Waals surface area (Å²) in [5.74, 6) is -0.556. The summed E-state index contributed by atoms with van der Waals surface area (Å²) in [6.07, 6.45) is 1.48. The molecule has 3 rings (SSSR count). The fraction of sp³-hybridized carbons (Fsp3) is 0.0455. The van der Waals surface area contributed by atoms with Gasteiger partial charge in [0.1, 0.15) is 0 Å². The monoisotopic (exact) mass is 391 g/mol. The van der Waals surface area contributed by atoms with Crippen LogP contribution in [0.2, 0.25) is 5.02 Å². The van der Waals surface area contributed by atoms with Crippen LogP contribution >= 0.6 is 11.6 Å². The van der Waals surface area contributed by atoms with Gasteiger partial charge in [0.2, 0.25) is 0 Å². The minimum atomic E-state index is -0.361. The molecule has 0 saturated carbocycles. The van der Waals surface area contributed by atoms with E-state index in [9.17, 15) is 9.59 Å². The molecule has 0 heterocycles. The van der Waals surface area contributed by atoms with Gasteiger partial charge in [0.15, 0.2) is 0 Å². The fourth-order valence-electron chi connectivity index (χ4n) is 2.54. The zero-order valence-corrected chi connectivity index (χ0v) is 15.9. The molecule has 0 bridgehead atoms. The van der Waals surface area contributed by atoms with Crippen LogP contribution in [0.25, 0.3) is 0 Å². The third-order valence-corrected chi connectivity index (χ3v) is 4.41. The number of amides is 2. The molecule has 0 radical (unpaired) electrons. The number of anilines is 1. The highest BCUT2D eigenvalue weighted by Gasteiger charge is 2.09.